The van der Waals surface area contributed by atoms with Crippen molar-refractivity contribution in [1.82, 2.24) is 0 Å². The molecule has 0 unspecified atom stereocenters. The van der Waals surface area contributed by atoms with Gasteiger partial charge in [-0.05, 0) is 19.3 Å². The highest BCUT2D eigenvalue weighted by atomic mass is 16.5. The highest BCUT2D eigenvalue weighted by Gasteiger charge is 2.16. The molecule has 0 spiro atoms. The number of carbonyl (C=O) groups is 1. The van der Waals surface area contributed by atoms with Gasteiger partial charge in [-0.15, -0.1) is 0 Å². The van der Waals surface area contributed by atoms with Crippen LogP contribution < -0.4 is 0 Å². The smallest absolute Gasteiger partial charge is 0.328 e. The number of hydrogen-bond donors (Lipinski definition) is 1. The summed E-state index contributed by atoms with van der Waals surface area (Å²) in [6.07, 6.45) is 6.52. The highest BCUT2D eigenvalue weighted by Crippen LogP contribution is 2.21. The van der Waals surface area contributed by atoms with Crippen LogP contribution >= 0.6 is 0 Å². The van der Waals surface area contributed by atoms with Crippen LogP contribution in [0.25, 0.3) is 0 Å². The molecule has 0 atom stereocenters. The average molecular weight is 156 g/mol. The third-order valence-electron chi connectivity index (χ3n) is 1.74. The van der Waals surface area contributed by atoms with Crippen molar-refractivity contribution in [2.24, 2.45) is 0 Å². The summed E-state index contributed by atoms with van der Waals surface area (Å²) < 4.78 is 5.28. The molecule has 0 radical (unpaired) electrons. The number of hydrogen-bond acceptors (Lipinski definition) is 2. The lowest BCUT2D eigenvalue weighted by Crippen LogP contribution is -2.21. The van der Waals surface area contributed by atoms with Gasteiger partial charge in [-0.25, -0.2) is 4.79 Å². The van der Waals surface area contributed by atoms with Crippen LogP contribution in [0, 0.1) is 0 Å². The maximum atomic E-state index is 9.99. The van der Waals surface area contributed by atoms with E-state index in [1.807, 2.05) is 0 Å². The number of aliphatic carboxylic acids is 1. The van der Waals surface area contributed by atoms with Crippen molar-refractivity contribution in [2.75, 3.05) is 6.61 Å². The Morgan fingerprint density at radius 1 is 1.64 bits per heavy atom. The Balaban J connectivity index is 1.98. The summed E-state index contributed by atoms with van der Waals surface area (Å²) in [5.41, 5.74) is 0. The van der Waals surface area contributed by atoms with E-state index in [4.69, 9.17) is 9.84 Å². The Morgan fingerprint density at radius 2 is 2.36 bits per heavy atom. The van der Waals surface area contributed by atoms with Crippen molar-refractivity contribution in [3.63, 3.8) is 0 Å². The quantitative estimate of drug-likeness (QED) is 0.622. The van der Waals surface area contributed by atoms with Crippen molar-refractivity contribution < 1.29 is 14.6 Å². The van der Waals surface area contributed by atoms with Crippen molar-refractivity contribution >= 4 is 5.97 Å². The summed E-state index contributed by atoms with van der Waals surface area (Å²) in [7, 11) is 0. The molecule has 0 aromatic heterocycles. The molecule has 0 bridgehead atoms. The molecule has 3 heteroatoms. The second kappa shape index (κ2) is 4.13. The van der Waals surface area contributed by atoms with E-state index in [1.54, 1.807) is 0 Å². The maximum Gasteiger partial charge on any atom is 0.328 e. The first-order valence-electron chi connectivity index (χ1n) is 3.80. The second-order valence-electron chi connectivity index (χ2n) is 2.63. The lowest BCUT2D eigenvalue weighted by molar-refractivity contribution is -0.131. The Bertz CT molecular complexity index is 159. The van der Waals surface area contributed by atoms with Crippen LogP contribution in [0.5, 0.6) is 0 Å². The summed E-state index contributed by atoms with van der Waals surface area (Å²) in [6, 6.07) is 0. The van der Waals surface area contributed by atoms with Crippen LogP contribution in [0.15, 0.2) is 12.2 Å². The fourth-order valence-electron chi connectivity index (χ4n) is 0.878. The van der Waals surface area contributed by atoms with Crippen molar-refractivity contribution in [1.29, 1.82) is 0 Å². The van der Waals surface area contributed by atoms with E-state index < -0.39 is 5.97 Å². The molecule has 0 aromatic carbocycles. The zero-order valence-corrected chi connectivity index (χ0v) is 6.32. The molecular weight excluding hydrogens is 144 g/mol. The molecule has 0 saturated heterocycles. The third kappa shape index (κ3) is 3.18. The second-order valence-corrected chi connectivity index (χ2v) is 2.63. The zero-order valence-electron chi connectivity index (χ0n) is 6.32. The first-order chi connectivity index (χ1) is 5.29. The number of ether oxygens (including phenoxy) is 1. The standard InChI is InChI=1S/C8H12O3/c9-8(10)5-2-6-11-7-3-1-4-7/h2,5,7H,1,3-4,6H2,(H,9,10). The summed E-state index contributed by atoms with van der Waals surface area (Å²) >= 11 is 0. The molecule has 0 aromatic rings. The van der Waals surface area contributed by atoms with E-state index in [-0.39, 0.29) is 0 Å². The molecule has 62 valence electrons. The third-order valence-corrected chi connectivity index (χ3v) is 1.74. The Labute approximate surface area is 65.7 Å². The topological polar surface area (TPSA) is 46.5 Å². The van der Waals surface area contributed by atoms with E-state index in [2.05, 4.69) is 0 Å². The SMILES string of the molecule is O=C(O)C=CCOC1CCC1. The molecule has 3 nitrogen and oxygen atoms in total. The van der Waals surface area contributed by atoms with E-state index in [1.165, 1.54) is 12.5 Å². The molecular formula is C8H12O3. The lowest BCUT2D eigenvalue weighted by Gasteiger charge is -2.24. The van der Waals surface area contributed by atoms with Crippen LogP contribution in [0.2, 0.25) is 0 Å². The van der Waals surface area contributed by atoms with E-state index in [0.717, 1.165) is 18.9 Å². The molecule has 1 N–H and O–H groups in total. The monoisotopic (exact) mass is 156 g/mol. The van der Waals surface area contributed by atoms with E-state index in [0.29, 0.717) is 12.7 Å². The molecule has 1 rings (SSSR count). The summed E-state index contributed by atoms with van der Waals surface area (Å²) in [4.78, 5) is 9.99. The van der Waals surface area contributed by atoms with Crippen LogP contribution in [-0.2, 0) is 9.53 Å². The number of carboxylic acid groups (broad SMARTS) is 1. The Kier molecular flexibility index (Phi) is 3.11. The highest BCUT2D eigenvalue weighted by molar-refractivity contribution is 5.79. The largest absolute Gasteiger partial charge is 0.478 e. The molecule has 1 aliphatic rings. The van der Waals surface area contributed by atoms with Gasteiger partial charge in [0, 0.05) is 6.08 Å². The molecule has 1 aliphatic carbocycles. The van der Waals surface area contributed by atoms with Crippen molar-refractivity contribution in [2.45, 2.75) is 25.4 Å². The average Bonchev–Trinajstić information content (AvgIpc) is 1.82. The first-order valence-corrected chi connectivity index (χ1v) is 3.80. The normalized spacial score (nSPS) is 18.5. The molecule has 0 amide bonds. The molecule has 1 fully saturated rings. The van der Waals surface area contributed by atoms with Gasteiger partial charge in [-0.2, -0.15) is 0 Å². The van der Waals surface area contributed by atoms with Gasteiger partial charge >= 0.3 is 5.97 Å². The molecule has 0 heterocycles. The van der Waals surface area contributed by atoms with Gasteiger partial charge in [0.15, 0.2) is 0 Å². The molecule has 11 heavy (non-hydrogen) atoms. The maximum absolute atomic E-state index is 9.99. The minimum absolute atomic E-state index is 0.383. The van der Waals surface area contributed by atoms with Gasteiger partial charge in [0.2, 0.25) is 0 Å². The van der Waals surface area contributed by atoms with Crippen molar-refractivity contribution in [3.05, 3.63) is 12.2 Å². The minimum atomic E-state index is -0.915. The van der Waals surface area contributed by atoms with Gasteiger partial charge in [-0.3, -0.25) is 0 Å². The Morgan fingerprint density at radius 3 is 2.82 bits per heavy atom. The van der Waals surface area contributed by atoms with Gasteiger partial charge < -0.3 is 9.84 Å². The molecule has 0 aliphatic heterocycles. The van der Waals surface area contributed by atoms with Gasteiger partial charge in [-0.1, -0.05) is 6.08 Å². The first kappa shape index (κ1) is 8.27. The number of carboxylic acids is 1. The van der Waals surface area contributed by atoms with E-state index in [9.17, 15) is 4.79 Å². The van der Waals surface area contributed by atoms with Gasteiger partial charge in [0.05, 0.1) is 12.7 Å². The number of rotatable bonds is 4. The fourth-order valence-corrected chi connectivity index (χ4v) is 0.878. The van der Waals surface area contributed by atoms with Crippen LogP contribution in [0.1, 0.15) is 19.3 Å². The predicted molar refractivity (Wildman–Crippen MR) is 40.4 cm³/mol. The summed E-state index contributed by atoms with van der Waals surface area (Å²) in [6.45, 7) is 0.428. The zero-order chi connectivity index (χ0) is 8.10. The van der Waals surface area contributed by atoms with Crippen molar-refractivity contribution in [3.8, 4) is 0 Å². The van der Waals surface area contributed by atoms with Gasteiger partial charge in [0.25, 0.3) is 0 Å². The predicted octanol–water partition coefficient (Wildman–Crippen LogP) is 1.20. The van der Waals surface area contributed by atoms with Crippen LogP contribution in [-0.4, -0.2) is 23.8 Å². The molecule has 1 saturated carbocycles. The van der Waals surface area contributed by atoms with Crippen LogP contribution in [0.3, 0.4) is 0 Å². The fraction of sp³-hybridized carbons (Fsp3) is 0.625. The lowest BCUT2D eigenvalue weighted by atomic mass is 9.96. The van der Waals surface area contributed by atoms with Crippen LogP contribution in [0.4, 0.5) is 0 Å². The van der Waals surface area contributed by atoms with E-state index >= 15 is 0 Å². The minimum Gasteiger partial charge on any atom is -0.478 e. The van der Waals surface area contributed by atoms with Gasteiger partial charge in [0.1, 0.15) is 0 Å². The summed E-state index contributed by atoms with van der Waals surface area (Å²) in [5.74, 6) is -0.915. The Hall–Kier alpha value is -0.830. The summed E-state index contributed by atoms with van der Waals surface area (Å²) in [5, 5.41) is 8.21.